The van der Waals surface area contributed by atoms with Crippen molar-refractivity contribution in [3.05, 3.63) is 21.6 Å². The summed E-state index contributed by atoms with van der Waals surface area (Å²) in [5.41, 5.74) is 0.381. The van der Waals surface area contributed by atoms with Crippen LogP contribution in [-0.4, -0.2) is 66.4 Å². The minimum absolute atomic E-state index is 0.220. The standard InChI is InChI=1S/C14H24ClN5O/c1-18(2)8-9-20-14(21)13(15)12(10-17-20)16-6-7-19(3)11-4-5-11/h10-11,16H,4-9H2,1-3H3. The van der Waals surface area contributed by atoms with Crippen LogP contribution in [0, 0.1) is 0 Å². The normalized spacial score (nSPS) is 15.0. The first-order chi connectivity index (χ1) is 9.99. The van der Waals surface area contributed by atoms with Gasteiger partial charge in [-0.25, -0.2) is 4.68 Å². The Morgan fingerprint density at radius 1 is 1.38 bits per heavy atom. The molecule has 1 aliphatic rings. The van der Waals surface area contributed by atoms with Gasteiger partial charge in [0.15, 0.2) is 0 Å². The molecule has 1 aromatic rings. The zero-order valence-electron chi connectivity index (χ0n) is 13.0. The molecule has 0 unspecified atom stereocenters. The Morgan fingerprint density at radius 2 is 2.10 bits per heavy atom. The Bertz CT molecular complexity index is 527. The van der Waals surface area contributed by atoms with Gasteiger partial charge in [-0.05, 0) is 34.0 Å². The van der Waals surface area contributed by atoms with Gasteiger partial charge in [-0.15, -0.1) is 0 Å². The van der Waals surface area contributed by atoms with Crippen molar-refractivity contribution in [2.45, 2.75) is 25.4 Å². The molecule has 0 spiro atoms. The van der Waals surface area contributed by atoms with Gasteiger partial charge in [0.2, 0.25) is 0 Å². The molecule has 1 fully saturated rings. The average Bonchev–Trinajstić information content (AvgIpc) is 3.26. The first kappa shape index (κ1) is 16.3. The number of halogens is 1. The topological polar surface area (TPSA) is 53.4 Å². The van der Waals surface area contributed by atoms with Crippen molar-refractivity contribution in [2.75, 3.05) is 46.1 Å². The largest absolute Gasteiger partial charge is 0.381 e. The van der Waals surface area contributed by atoms with E-state index in [4.69, 9.17) is 11.6 Å². The van der Waals surface area contributed by atoms with Crippen LogP contribution < -0.4 is 10.9 Å². The maximum atomic E-state index is 12.1. The van der Waals surface area contributed by atoms with Crippen LogP contribution in [0.15, 0.2) is 11.0 Å². The fraction of sp³-hybridized carbons (Fsp3) is 0.714. The molecule has 0 radical (unpaired) electrons. The Morgan fingerprint density at radius 3 is 2.71 bits per heavy atom. The summed E-state index contributed by atoms with van der Waals surface area (Å²) in [5, 5.41) is 7.59. The van der Waals surface area contributed by atoms with E-state index in [1.54, 1.807) is 6.20 Å². The zero-order valence-corrected chi connectivity index (χ0v) is 13.7. The lowest BCUT2D eigenvalue weighted by atomic mass is 10.4. The zero-order chi connectivity index (χ0) is 15.4. The maximum Gasteiger partial charge on any atom is 0.287 e. The van der Waals surface area contributed by atoms with Crippen molar-refractivity contribution in [3.8, 4) is 0 Å². The number of anilines is 1. The molecule has 21 heavy (non-hydrogen) atoms. The molecule has 118 valence electrons. The second kappa shape index (κ2) is 7.24. The van der Waals surface area contributed by atoms with Crippen molar-refractivity contribution in [2.24, 2.45) is 0 Å². The van der Waals surface area contributed by atoms with E-state index in [0.717, 1.165) is 25.7 Å². The van der Waals surface area contributed by atoms with Gasteiger partial charge in [-0.2, -0.15) is 5.10 Å². The number of nitrogens with zero attached hydrogens (tertiary/aromatic N) is 4. The molecule has 6 nitrogen and oxygen atoms in total. The van der Waals surface area contributed by atoms with Gasteiger partial charge in [0.05, 0.1) is 18.4 Å². The molecular weight excluding hydrogens is 290 g/mol. The summed E-state index contributed by atoms with van der Waals surface area (Å²) in [5.74, 6) is 0. The Balaban J connectivity index is 1.91. The van der Waals surface area contributed by atoms with Crippen LogP contribution in [0.2, 0.25) is 5.02 Å². The number of nitrogens with one attached hydrogen (secondary N) is 1. The fourth-order valence-electron chi connectivity index (χ4n) is 2.11. The molecule has 0 aromatic carbocycles. The van der Waals surface area contributed by atoms with Gasteiger partial charge in [-0.1, -0.05) is 11.6 Å². The summed E-state index contributed by atoms with van der Waals surface area (Å²) in [7, 11) is 6.04. The Hall–Kier alpha value is -1.11. The molecule has 1 heterocycles. The van der Waals surface area contributed by atoms with E-state index in [0.29, 0.717) is 12.2 Å². The van der Waals surface area contributed by atoms with E-state index >= 15 is 0 Å². The molecule has 0 bridgehead atoms. The minimum Gasteiger partial charge on any atom is -0.381 e. The molecule has 0 saturated heterocycles. The third-order valence-electron chi connectivity index (χ3n) is 3.69. The summed E-state index contributed by atoms with van der Waals surface area (Å²) in [6, 6.07) is 0.736. The van der Waals surface area contributed by atoms with E-state index in [9.17, 15) is 4.79 Å². The summed E-state index contributed by atoms with van der Waals surface area (Å²) >= 11 is 6.14. The highest BCUT2D eigenvalue weighted by Gasteiger charge is 2.25. The molecule has 1 N–H and O–H groups in total. The van der Waals surface area contributed by atoms with Crippen LogP contribution in [0.3, 0.4) is 0 Å². The van der Waals surface area contributed by atoms with Gasteiger partial charge >= 0.3 is 0 Å². The number of likely N-dealkylation sites (N-methyl/N-ethyl adjacent to an activating group) is 2. The van der Waals surface area contributed by atoms with Gasteiger partial charge in [-0.3, -0.25) is 4.79 Å². The average molecular weight is 314 g/mol. The minimum atomic E-state index is -0.237. The highest BCUT2D eigenvalue weighted by molar-refractivity contribution is 6.32. The van der Waals surface area contributed by atoms with Gasteiger partial charge in [0.1, 0.15) is 5.02 Å². The molecule has 7 heteroatoms. The lowest BCUT2D eigenvalue weighted by Gasteiger charge is -2.17. The molecule has 0 aliphatic heterocycles. The highest BCUT2D eigenvalue weighted by Crippen LogP contribution is 2.24. The van der Waals surface area contributed by atoms with Crippen molar-refractivity contribution >= 4 is 17.3 Å². The van der Waals surface area contributed by atoms with Crippen LogP contribution in [0.4, 0.5) is 5.69 Å². The molecule has 1 aromatic heterocycles. The predicted molar refractivity (Wildman–Crippen MR) is 86.2 cm³/mol. The molecular formula is C14H24ClN5O. The SMILES string of the molecule is CN(C)CCn1ncc(NCCN(C)C2CC2)c(Cl)c1=O. The number of hydrogen-bond acceptors (Lipinski definition) is 5. The van der Waals surface area contributed by atoms with Gasteiger partial charge in [0.25, 0.3) is 5.56 Å². The van der Waals surface area contributed by atoms with E-state index in [-0.39, 0.29) is 10.6 Å². The van der Waals surface area contributed by atoms with E-state index in [1.807, 2.05) is 19.0 Å². The van der Waals surface area contributed by atoms with Crippen LogP contribution in [0.1, 0.15) is 12.8 Å². The summed E-state index contributed by atoms with van der Waals surface area (Å²) in [6.07, 6.45) is 4.22. The maximum absolute atomic E-state index is 12.1. The van der Waals surface area contributed by atoms with Gasteiger partial charge in [0, 0.05) is 25.7 Å². The number of rotatable bonds is 8. The third-order valence-corrected chi connectivity index (χ3v) is 4.06. The first-order valence-electron chi connectivity index (χ1n) is 7.33. The lowest BCUT2D eigenvalue weighted by molar-refractivity contribution is 0.337. The Labute approximate surface area is 130 Å². The second-order valence-corrected chi connectivity index (χ2v) is 6.22. The first-order valence-corrected chi connectivity index (χ1v) is 7.71. The van der Waals surface area contributed by atoms with Crippen LogP contribution in [0.25, 0.3) is 0 Å². The fourth-order valence-corrected chi connectivity index (χ4v) is 2.32. The molecule has 1 aliphatic carbocycles. The second-order valence-electron chi connectivity index (χ2n) is 5.84. The Kier molecular flexibility index (Phi) is 5.61. The van der Waals surface area contributed by atoms with E-state index in [2.05, 4.69) is 22.4 Å². The quantitative estimate of drug-likeness (QED) is 0.775. The highest BCUT2D eigenvalue weighted by atomic mass is 35.5. The molecule has 2 rings (SSSR count). The molecule has 1 saturated carbocycles. The van der Waals surface area contributed by atoms with Crippen LogP contribution in [0.5, 0.6) is 0 Å². The summed E-state index contributed by atoms with van der Waals surface area (Å²) in [6.45, 7) is 2.98. The smallest absolute Gasteiger partial charge is 0.287 e. The number of aromatic nitrogens is 2. The molecule has 0 amide bonds. The summed E-state index contributed by atoms with van der Waals surface area (Å²) in [4.78, 5) is 16.4. The predicted octanol–water partition coefficient (Wildman–Crippen LogP) is 0.964. The third kappa shape index (κ3) is 4.69. The molecule has 0 atom stereocenters. The van der Waals surface area contributed by atoms with Gasteiger partial charge < -0.3 is 15.1 Å². The lowest BCUT2D eigenvalue weighted by Crippen LogP contribution is -2.30. The van der Waals surface area contributed by atoms with Crippen LogP contribution >= 0.6 is 11.6 Å². The van der Waals surface area contributed by atoms with Crippen LogP contribution in [-0.2, 0) is 6.54 Å². The van der Waals surface area contributed by atoms with Crippen molar-refractivity contribution in [3.63, 3.8) is 0 Å². The van der Waals surface area contributed by atoms with Crippen molar-refractivity contribution < 1.29 is 0 Å². The number of hydrogen-bond donors (Lipinski definition) is 1. The summed E-state index contributed by atoms with van der Waals surface area (Å²) < 4.78 is 1.41. The van der Waals surface area contributed by atoms with E-state index < -0.39 is 0 Å². The monoisotopic (exact) mass is 313 g/mol. The van der Waals surface area contributed by atoms with Crippen molar-refractivity contribution in [1.82, 2.24) is 19.6 Å². The van der Waals surface area contributed by atoms with Crippen molar-refractivity contribution in [1.29, 1.82) is 0 Å². The van der Waals surface area contributed by atoms with E-state index in [1.165, 1.54) is 17.5 Å².